The quantitative estimate of drug-likeness (QED) is 0.423. The minimum atomic E-state index is -0.360. The number of hydrogen-bond acceptors (Lipinski definition) is 6. The van der Waals surface area contributed by atoms with Crippen molar-refractivity contribution in [2.45, 2.75) is 64.6 Å². The average molecular weight is 468 g/mol. The summed E-state index contributed by atoms with van der Waals surface area (Å²) in [7, 11) is 0. The molecule has 7 heteroatoms. The second-order valence-corrected chi connectivity index (χ2v) is 9.05. The largest absolute Gasteiger partial charge is 0.508 e. The van der Waals surface area contributed by atoms with Gasteiger partial charge in [-0.2, -0.15) is 0 Å². The molecule has 4 unspecified atom stereocenters. The Morgan fingerprint density at radius 1 is 0.941 bits per heavy atom. The molecule has 0 aromatic heterocycles. The number of fused-ring (bicyclic) bond motifs is 1. The van der Waals surface area contributed by atoms with Crippen LogP contribution in [0.3, 0.4) is 0 Å². The number of carbonyl (C=O) groups is 1. The fourth-order valence-electron chi connectivity index (χ4n) is 5.24. The minimum Gasteiger partial charge on any atom is -0.508 e. The summed E-state index contributed by atoms with van der Waals surface area (Å²) in [5.74, 6) is 1.68. The molecule has 184 valence electrons. The van der Waals surface area contributed by atoms with Crippen molar-refractivity contribution >= 4 is 5.91 Å². The van der Waals surface area contributed by atoms with Crippen molar-refractivity contribution in [1.82, 2.24) is 15.8 Å². The van der Waals surface area contributed by atoms with Crippen molar-refractivity contribution in [2.75, 3.05) is 19.8 Å². The topological polar surface area (TPSA) is 83.1 Å². The van der Waals surface area contributed by atoms with Gasteiger partial charge in [0.1, 0.15) is 11.8 Å². The summed E-state index contributed by atoms with van der Waals surface area (Å²) < 4.78 is 12.0. The number of rotatable bonds is 11. The summed E-state index contributed by atoms with van der Waals surface area (Å²) in [4.78, 5) is 15.4. The number of nitrogens with one attached hydrogen (secondary N) is 2. The van der Waals surface area contributed by atoms with E-state index >= 15 is 0 Å². The molecular weight excluding hydrogens is 430 g/mol. The highest BCUT2D eigenvalue weighted by Crippen LogP contribution is 2.49. The van der Waals surface area contributed by atoms with Gasteiger partial charge in [0.25, 0.3) is 0 Å². The van der Waals surface area contributed by atoms with E-state index in [0.29, 0.717) is 25.5 Å². The van der Waals surface area contributed by atoms with E-state index in [9.17, 15) is 9.90 Å². The van der Waals surface area contributed by atoms with Gasteiger partial charge in [-0.15, -0.1) is 0 Å². The van der Waals surface area contributed by atoms with Crippen LogP contribution >= 0.6 is 0 Å². The number of benzene rings is 2. The highest BCUT2D eigenvalue weighted by atomic mass is 16.5. The highest BCUT2D eigenvalue weighted by molar-refractivity contribution is 5.86. The average Bonchev–Trinajstić information content (AvgIpc) is 3.37. The summed E-state index contributed by atoms with van der Waals surface area (Å²) in [6, 6.07) is 12.7. The molecular formula is C27H37N3O4. The van der Waals surface area contributed by atoms with E-state index in [4.69, 9.17) is 9.47 Å². The van der Waals surface area contributed by atoms with E-state index in [1.165, 1.54) is 0 Å². The summed E-state index contributed by atoms with van der Waals surface area (Å²) in [6.07, 6.45) is 4.16. The number of likely N-dealkylation sites (tertiary alicyclic amines) is 1. The molecule has 2 heterocycles. The molecule has 2 fully saturated rings. The van der Waals surface area contributed by atoms with Gasteiger partial charge in [0.15, 0.2) is 11.5 Å². The van der Waals surface area contributed by atoms with Crippen LogP contribution < -0.4 is 20.3 Å². The SMILES string of the molecule is CCCCCOc1ccc(C2C3C(NNC3c3ccccc3O)C(=O)N2CCC)cc1OCC. The van der Waals surface area contributed by atoms with Gasteiger partial charge in [-0.3, -0.25) is 4.79 Å². The first-order valence-corrected chi connectivity index (χ1v) is 12.6. The monoisotopic (exact) mass is 467 g/mol. The van der Waals surface area contributed by atoms with Crippen molar-refractivity contribution in [3.8, 4) is 17.2 Å². The van der Waals surface area contributed by atoms with Crippen molar-refractivity contribution in [2.24, 2.45) is 5.92 Å². The molecule has 2 aliphatic heterocycles. The van der Waals surface area contributed by atoms with Gasteiger partial charge < -0.3 is 19.5 Å². The molecule has 0 bridgehead atoms. The molecule has 7 nitrogen and oxygen atoms in total. The second kappa shape index (κ2) is 11.1. The summed E-state index contributed by atoms with van der Waals surface area (Å²) >= 11 is 0. The predicted octanol–water partition coefficient (Wildman–Crippen LogP) is 4.49. The number of phenolic OH excluding ortho intramolecular Hbond substituents is 1. The molecule has 2 saturated heterocycles. The Morgan fingerprint density at radius 3 is 2.47 bits per heavy atom. The Balaban J connectivity index is 1.69. The Hall–Kier alpha value is -2.77. The zero-order chi connectivity index (χ0) is 24.1. The van der Waals surface area contributed by atoms with Crippen LogP contribution in [0, 0.1) is 5.92 Å². The van der Waals surface area contributed by atoms with E-state index in [0.717, 1.165) is 42.6 Å². The van der Waals surface area contributed by atoms with Crippen molar-refractivity contribution < 1.29 is 19.4 Å². The fraction of sp³-hybridized carbons (Fsp3) is 0.519. The molecule has 2 aromatic carbocycles. The number of amides is 1. The summed E-state index contributed by atoms with van der Waals surface area (Å²) in [5, 5.41) is 10.6. The van der Waals surface area contributed by atoms with Gasteiger partial charge in [0.2, 0.25) is 5.91 Å². The van der Waals surface area contributed by atoms with Crippen LogP contribution in [0.4, 0.5) is 0 Å². The minimum absolute atomic E-state index is 0.0834. The van der Waals surface area contributed by atoms with E-state index in [-0.39, 0.29) is 35.7 Å². The van der Waals surface area contributed by atoms with Gasteiger partial charge >= 0.3 is 0 Å². The number of ether oxygens (including phenoxy) is 2. The zero-order valence-electron chi connectivity index (χ0n) is 20.4. The van der Waals surface area contributed by atoms with Crippen LogP contribution in [0.25, 0.3) is 0 Å². The fourth-order valence-corrected chi connectivity index (χ4v) is 5.24. The number of hydrazine groups is 1. The van der Waals surface area contributed by atoms with Crippen LogP contribution in [-0.2, 0) is 4.79 Å². The van der Waals surface area contributed by atoms with E-state index in [1.54, 1.807) is 6.07 Å². The van der Waals surface area contributed by atoms with Crippen LogP contribution in [0.2, 0.25) is 0 Å². The lowest BCUT2D eigenvalue weighted by molar-refractivity contribution is -0.130. The second-order valence-electron chi connectivity index (χ2n) is 9.05. The number of nitrogens with zero attached hydrogens (tertiary/aromatic N) is 1. The molecule has 0 saturated carbocycles. The first-order valence-electron chi connectivity index (χ1n) is 12.6. The number of para-hydroxylation sites is 1. The smallest absolute Gasteiger partial charge is 0.242 e. The summed E-state index contributed by atoms with van der Waals surface area (Å²) in [5.41, 5.74) is 8.31. The molecule has 34 heavy (non-hydrogen) atoms. The first-order chi connectivity index (χ1) is 16.6. The lowest BCUT2D eigenvalue weighted by Gasteiger charge is -2.31. The number of unbranched alkanes of at least 4 members (excludes halogenated alkanes) is 2. The van der Waals surface area contributed by atoms with E-state index in [2.05, 4.69) is 30.8 Å². The summed E-state index contributed by atoms with van der Waals surface area (Å²) in [6.45, 7) is 8.09. The van der Waals surface area contributed by atoms with E-state index in [1.807, 2.05) is 42.2 Å². The van der Waals surface area contributed by atoms with Gasteiger partial charge in [0.05, 0.1) is 25.3 Å². The predicted molar refractivity (Wildman–Crippen MR) is 132 cm³/mol. The Bertz CT molecular complexity index is 982. The van der Waals surface area contributed by atoms with Gasteiger partial charge in [0, 0.05) is 18.0 Å². The maximum atomic E-state index is 13.4. The van der Waals surface area contributed by atoms with Crippen molar-refractivity contribution in [3.05, 3.63) is 53.6 Å². The molecule has 0 aliphatic carbocycles. The molecule has 3 N–H and O–H groups in total. The van der Waals surface area contributed by atoms with Crippen molar-refractivity contribution in [3.63, 3.8) is 0 Å². The molecule has 0 spiro atoms. The Morgan fingerprint density at radius 2 is 1.74 bits per heavy atom. The zero-order valence-corrected chi connectivity index (χ0v) is 20.4. The van der Waals surface area contributed by atoms with Crippen LogP contribution in [0.15, 0.2) is 42.5 Å². The molecule has 0 radical (unpaired) electrons. The standard InChI is InChI=1S/C27H37N3O4/c1-4-7-10-16-34-21-14-13-18(17-22(21)33-6-3)26-23-24(19-11-8-9-12-20(19)31)28-29-25(23)27(32)30(26)15-5-2/h8-9,11-14,17,23-26,28-29,31H,4-7,10,15-16H2,1-3H3. The van der Waals surface area contributed by atoms with Crippen LogP contribution in [0.5, 0.6) is 17.2 Å². The molecule has 2 aliphatic rings. The number of hydrogen-bond donors (Lipinski definition) is 3. The molecule has 2 aromatic rings. The van der Waals surface area contributed by atoms with Gasteiger partial charge in [-0.05, 0) is 43.5 Å². The Labute approximate surface area is 202 Å². The maximum absolute atomic E-state index is 13.4. The third-order valence-electron chi connectivity index (χ3n) is 6.76. The van der Waals surface area contributed by atoms with Crippen LogP contribution in [-0.4, -0.2) is 41.7 Å². The lowest BCUT2D eigenvalue weighted by atomic mass is 9.83. The van der Waals surface area contributed by atoms with Gasteiger partial charge in [-0.25, -0.2) is 10.9 Å². The Kier molecular flexibility index (Phi) is 7.95. The highest BCUT2D eigenvalue weighted by Gasteiger charge is 2.55. The normalized spacial score (nSPS) is 23.9. The number of carbonyl (C=O) groups excluding carboxylic acids is 1. The van der Waals surface area contributed by atoms with Gasteiger partial charge in [-0.1, -0.05) is 51.0 Å². The third kappa shape index (κ3) is 4.72. The third-order valence-corrected chi connectivity index (χ3v) is 6.76. The van der Waals surface area contributed by atoms with Crippen molar-refractivity contribution in [1.29, 1.82) is 0 Å². The van der Waals surface area contributed by atoms with E-state index < -0.39 is 0 Å². The first kappa shape index (κ1) is 24.4. The molecule has 1 amide bonds. The number of aromatic hydroxyl groups is 1. The maximum Gasteiger partial charge on any atom is 0.242 e. The molecule has 4 rings (SSSR count). The lowest BCUT2D eigenvalue weighted by Crippen LogP contribution is -2.41. The number of phenols is 1. The molecule has 4 atom stereocenters. The van der Waals surface area contributed by atoms with Crippen LogP contribution in [0.1, 0.15) is 69.7 Å².